The Bertz CT molecular complexity index is 1140. The summed E-state index contributed by atoms with van der Waals surface area (Å²) in [5, 5.41) is 0.0659. The minimum Gasteiger partial charge on any atom is -0.466 e. The van der Waals surface area contributed by atoms with E-state index in [1.807, 2.05) is 4.90 Å². The normalized spacial score (nSPS) is 18.7. The summed E-state index contributed by atoms with van der Waals surface area (Å²) in [6.07, 6.45) is -3.13. The number of ether oxygens (including phenoxy) is 1. The second-order valence-corrected chi connectivity index (χ2v) is 10.6. The topological polar surface area (TPSA) is 78.9 Å². The van der Waals surface area contributed by atoms with E-state index in [2.05, 4.69) is 21.8 Å². The minimum absolute atomic E-state index is 0.0659. The number of anilines is 1. The summed E-state index contributed by atoms with van der Waals surface area (Å²) in [6, 6.07) is 8.01. The number of carbonyl (C=O) groups excluding carboxylic acids is 2. The molecule has 0 bridgehead atoms. The summed E-state index contributed by atoms with van der Waals surface area (Å²) in [4.78, 5) is 39.1. The van der Waals surface area contributed by atoms with Crippen molar-refractivity contribution in [3.05, 3.63) is 47.2 Å². The predicted octanol–water partition coefficient (Wildman–Crippen LogP) is 4.34. The average Bonchev–Trinajstić information content (AvgIpc) is 2.95. The fourth-order valence-corrected chi connectivity index (χ4v) is 5.58. The molecule has 1 aromatic carbocycles. The Labute approximate surface area is 230 Å². The first-order chi connectivity index (χ1) is 18.7. The molecule has 0 saturated carbocycles. The number of thioether (sulfide) groups is 1. The van der Waals surface area contributed by atoms with Crippen LogP contribution in [-0.2, 0) is 21.5 Å². The molecule has 0 spiro atoms. The second-order valence-electron chi connectivity index (χ2n) is 9.64. The Hall–Kier alpha value is -2.86. The molecule has 2 saturated heterocycles. The van der Waals surface area contributed by atoms with Gasteiger partial charge in [-0.3, -0.25) is 9.59 Å². The van der Waals surface area contributed by atoms with Crippen LogP contribution in [0.4, 0.5) is 19.0 Å². The van der Waals surface area contributed by atoms with E-state index in [4.69, 9.17) is 4.74 Å². The van der Waals surface area contributed by atoms with Gasteiger partial charge in [-0.2, -0.15) is 13.2 Å². The number of rotatable bonds is 8. The lowest BCUT2D eigenvalue weighted by molar-refractivity contribution is -0.149. The summed E-state index contributed by atoms with van der Waals surface area (Å²) in [6.45, 7) is 8.72. The number of piperidine rings is 1. The molecule has 1 atom stereocenters. The molecule has 2 fully saturated rings. The van der Waals surface area contributed by atoms with Gasteiger partial charge in [0.05, 0.1) is 12.5 Å². The highest BCUT2D eigenvalue weighted by Gasteiger charge is 2.35. The molecular weight excluding hydrogens is 531 g/mol. The van der Waals surface area contributed by atoms with E-state index in [0.717, 1.165) is 49.4 Å². The van der Waals surface area contributed by atoms with Gasteiger partial charge in [-0.25, -0.2) is 9.97 Å². The van der Waals surface area contributed by atoms with E-state index in [1.54, 1.807) is 36.1 Å². The first-order valence-electron chi connectivity index (χ1n) is 13.3. The quantitative estimate of drug-likeness (QED) is 0.266. The molecule has 0 aliphatic carbocycles. The number of piperazine rings is 1. The zero-order valence-corrected chi connectivity index (χ0v) is 23.1. The van der Waals surface area contributed by atoms with Gasteiger partial charge in [-0.05, 0) is 44.0 Å². The zero-order chi connectivity index (χ0) is 28.0. The molecule has 0 N–H and O–H groups in total. The second kappa shape index (κ2) is 13.0. The molecule has 2 aliphatic rings. The van der Waals surface area contributed by atoms with Crippen molar-refractivity contribution in [3.63, 3.8) is 0 Å². The number of esters is 1. The van der Waals surface area contributed by atoms with Crippen LogP contribution < -0.4 is 4.90 Å². The third-order valence-corrected chi connectivity index (χ3v) is 7.94. The van der Waals surface area contributed by atoms with Crippen molar-refractivity contribution in [1.29, 1.82) is 0 Å². The number of carbonyl (C=O) groups is 2. The van der Waals surface area contributed by atoms with Crippen LogP contribution in [-0.4, -0.2) is 84.1 Å². The van der Waals surface area contributed by atoms with Crippen molar-refractivity contribution < 1.29 is 27.5 Å². The van der Waals surface area contributed by atoms with E-state index >= 15 is 0 Å². The largest absolute Gasteiger partial charge is 0.466 e. The third kappa shape index (κ3) is 7.63. The zero-order valence-electron chi connectivity index (χ0n) is 22.2. The maximum atomic E-state index is 13.6. The standard InChI is InChI=1S/C27H34F3N5O3S/c1-3-33-12-14-34(15-13-33)23-16-22(27(28,29)30)31-26(32-23)39-18-19-7-9-20(10-8-19)24(36)35-11-5-6-21(17-35)25(37)38-4-2/h7-10,16,21H,3-6,11-15,17-18H2,1-2H3. The van der Waals surface area contributed by atoms with Crippen molar-refractivity contribution in [1.82, 2.24) is 19.8 Å². The highest BCUT2D eigenvalue weighted by atomic mass is 32.2. The van der Waals surface area contributed by atoms with Gasteiger partial charge in [0.15, 0.2) is 10.9 Å². The van der Waals surface area contributed by atoms with Crippen LogP contribution in [0.25, 0.3) is 0 Å². The Morgan fingerprint density at radius 1 is 1.05 bits per heavy atom. The molecule has 1 amide bonds. The van der Waals surface area contributed by atoms with E-state index in [9.17, 15) is 22.8 Å². The fourth-order valence-electron chi connectivity index (χ4n) is 4.77. The Morgan fingerprint density at radius 3 is 2.41 bits per heavy atom. The van der Waals surface area contributed by atoms with Gasteiger partial charge in [0.1, 0.15) is 5.82 Å². The van der Waals surface area contributed by atoms with Crippen LogP contribution in [0.15, 0.2) is 35.5 Å². The Morgan fingerprint density at radius 2 is 1.77 bits per heavy atom. The number of aromatic nitrogens is 2. The summed E-state index contributed by atoms with van der Waals surface area (Å²) in [5.74, 6) is -0.0961. The Kier molecular flexibility index (Phi) is 9.71. The van der Waals surface area contributed by atoms with Crippen molar-refractivity contribution in [2.75, 3.05) is 57.3 Å². The molecule has 1 unspecified atom stereocenters. The molecular formula is C27H34F3N5O3S. The molecule has 8 nitrogen and oxygen atoms in total. The highest BCUT2D eigenvalue weighted by molar-refractivity contribution is 7.98. The number of hydrogen-bond donors (Lipinski definition) is 0. The summed E-state index contributed by atoms with van der Waals surface area (Å²) in [5.41, 5.74) is 0.382. The molecule has 1 aromatic heterocycles. The van der Waals surface area contributed by atoms with Crippen molar-refractivity contribution in [2.45, 2.75) is 43.8 Å². The molecule has 12 heteroatoms. The van der Waals surface area contributed by atoms with E-state index in [1.165, 1.54) is 0 Å². The van der Waals surface area contributed by atoms with Gasteiger partial charge in [0.25, 0.3) is 5.91 Å². The van der Waals surface area contributed by atoms with Gasteiger partial charge in [-0.15, -0.1) is 0 Å². The van der Waals surface area contributed by atoms with E-state index in [0.29, 0.717) is 56.3 Å². The molecule has 212 valence electrons. The fraction of sp³-hybridized carbons (Fsp3) is 0.556. The van der Waals surface area contributed by atoms with Crippen molar-refractivity contribution >= 4 is 29.5 Å². The van der Waals surface area contributed by atoms with Crippen LogP contribution in [0, 0.1) is 5.92 Å². The first kappa shape index (κ1) is 29.1. The number of benzene rings is 1. The smallest absolute Gasteiger partial charge is 0.433 e. The minimum atomic E-state index is -4.57. The van der Waals surface area contributed by atoms with Crippen LogP contribution >= 0.6 is 11.8 Å². The number of amides is 1. The lowest BCUT2D eigenvalue weighted by Crippen LogP contribution is -2.46. The number of nitrogens with zero attached hydrogens (tertiary/aromatic N) is 5. The van der Waals surface area contributed by atoms with Crippen LogP contribution in [0.3, 0.4) is 0 Å². The summed E-state index contributed by atoms with van der Waals surface area (Å²) in [7, 11) is 0. The molecule has 4 rings (SSSR count). The van der Waals surface area contributed by atoms with Gasteiger partial charge in [0.2, 0.25) is 0 Å². The van der Waals surface area contributed by atoms with Crippen LogP contribution in [0.2, 0.25) is 0 Å². The average molecular weight is 566 g/mol. The monoisotopic (exact) mass is 565 g/mol. The summed E-state index contributed by atoms with van der Waals surface area (Å²) < 4.78 is 45.9. The number of halogens is 3. The molecule has 2 aromatic rings. The number of likely N-dealkylation sites (tertiary alicyclic amines) is 1. The van der Waals surface area contributed by atoms with Crippen molar-refractivity contribution in [2.24, 2.45) is 5.92 Å². The van der Waals surface area contributed by atoms with Gasteiger partial charge < -0.3 is 19.4 Å². The Balaban J connectivity index is 1.40. The third-order valence-electron chi connectivity index (χ3n) is 7.02. The first-order valence-corrected chi connectivity index (χ1v) is 14.3. The molecule has 3 heterocycles. The lowest BCUT2D eigenvalue weighted by Gasteiger charge is -2.35. The van der Waals surface area contributed by atoms with Gasteiger partial charge in [0, 0.05) is 56.7 Å². The lowest BCUT2D eigenvalue weighted by atomic mass is 9.97. The molecule has 0 radical (unpaired) electrons. The molecule has 39 heavy (non-hydrogen) atoms. The van der Waals surface area contributed by atoms with E-state index < -0.39 is 11.9 Å². The summed E-state index contributed by atoms with van der Waals surface area (Å²) >= 11 is 1.13. The number of likely N-dealkylation sites (N-methyl/N-ethyl adjacent to an activating group) is 1. The van der Waals surface area contributed by atoms with Gasteiger partial charge in [-0.1, -0.05) is 30.8 Å². The van der Waals surface area contributed by atoms with Crippen LogP contribution in [0.5, 0.6) is 0 Å². The maximum absolute atomic E-state index is 13.6. The van der Waals surface area contributed by atoms with E-state index in [-0.39, 0.29) is 23.0 Å². The van der Waals surface area contributed by atoms with Gasteiger partial charge >= 0.3 is 12.1 Å². The number of hydrogen-bond acceptors (Lipinski definition) is 8. The van der Waals surface area contributed by atoms with Crippen LogP contribution in [0.1, 0.15) is 48.3 Å². The highest BCUT2D eigenvalue weighted by Crippen LogP contribution is 2.32. The maximum Gasteiger partial charge on any atom is 0.433 e. The number of alkyl halides is 3. The molecule has 2 aliphatic heterocycles. The van der Waals surface area contributed by atoms with Crippen molar-refractivity contribution in [3.8, 4) is 0 Å². The predicted molar refractivity (Wildman–Crippen MR) is 143 cm³/mol. The SMILES string of the molecule is CCOC(=O)C1CCCN(C(=O)c2ccc(CSc3nc(N4CCN(CC)CC4)cc(C(F)(F)F)n3)cc2)C1.